The topological polar surface area (TPSA) is 63.2 Å². The highest BCUT2D eigenvalue weighted by atomic mass is 32.2. The monoisotopic (exact) mass is 269 g/mol. The average Bonchev–Trinajstić information content (AvgIpc) is 2.29. The molecule has 0 fully saturated rings. The van der Waals surface area contributed by atoms with Crippen molar-refractivity contribution in [3.8, 4) is 0 Å². The normalized spacial score (nSPS) is 13.3. The van der Waals surface area contributed by atoms with Crippen molar-refractivity contribution < 1.29 is 13.2 Å². The summed E-state index contributed by atoms with van der Waals surface area (Å²) in [6, 6.07) is 6.04. The lowest BCUT2D eigenvalue weighted by Gasteiger charge is -2.11. The van der Waals surface area contributed by atoms with Crippen molar-refractivity contribution in [2.45, 2.75) is 44.6 Å². The molecule has 1 aromatic carbocycles. The second-order valence-corrected chi connectivity index (χ2v) is 6.06. The van der Waals surface area contributed by atoms with Crippen LogP contribution in [0.2, 0.25) is 0 Å². The minimum atomic E-state index is -3.61. The third-order valence-corrected chi connectivity index (χ3v) is 4.27. The van der Waals surface area contributed by atoms with Crippen molar-refractivity contribution >= 4 is 15.8 Å². The van der Waals surface area contributed by atoms with Crippen molar-refractivity contribution in [3.63, 3.8) is 0 Å². The lowest BCUT2D eigenvalue weighted by Crippen LogP contribution is -2.37. The largest absolute Gasteiger partial charge is 0.298 e. The zero-order valence-corrected chi connectivity index (χ0v) is 11.8. The maximum Gasteiger partial charge on any atom is 0.241 e. The van der Waals surface area contributed by atoms with Crippen LogP contribution in [0.4, 0.5) is 0 Å². The quantitative estimate of drug-likeness (QED) is 0.858. The van der Waals surface area contributed by atoms with Gasteiger partial charge in [0.2, 0.25) is 10.0 Å². The molecule has 0 amide bonds. The average molecular weight is 269 g/mol. The van der Waals surface area contributed by atoms with E-state index in [1.54, 1.807) is 24.3 Å². The lowest BCUT2D eigenvalue weighted by atomic mass is 10.1. The molecule has 1 rings (SSSR count). The minimum absolute atomic E-state index is 0.190. The van der Waals surface area contributed by atoms with E-state index in [1.807, 2.05) is 0 Å². The Morgan fingerprint density at radius 2 is 1.83 bits per heavy atom. The summed E-state index contributed by atoms with van der Waals surface area (Å²) >= 11 is 0. The summed E-state index contributed by atoms with van der Waals surface area (Å²) in [4.78, 5) is 11.3. The van der Waals surface area contributed by atoms with Crippen LogP contribution in [-0.2, 0) is 21.2 Å². The van der Waals surface area contributed by atoms with E-state index in [9.17, 15) is 13.2 Å². The predicted molar refractivity (Wildman–Crippen MR) is 70.9 cm³/mol. The molecule has 0 radical (unpaired) electrons. The van der Waals surface area contributed by atoms with Gasteiger partial charge in [0.1, 0.15) is 5.78 Å². The van der Waals surface area contributed by atoms with E-state index < -0.39 is 16.1 Å². The van der Waals surface area contributed by atoms with Gasteiger partial charge in [0.05, 0.1) is 10.9 Å². The summed E-state index contributed by atoms with van der Waals surface area (Å²) in [6.07, 6.45) is 1.95. The van der Waals surface area contributed by atoms with Crippen LogP contribution < -0.4 is 4.72 Å². The molecule has 0 saturated carbocycles. The molecule has 1 N–H and O–H groups in total. The highest BCUT2D eigenvalue weighted by Gasteiger charge is 2.19. The molecule has 0 aromatic heterocycles. The SMILES string of the molecule is CCCc1ccc(S(=O)(=O)NC(C)C(C)=O)cc1. The van der Waals surface area contributed by atoms with Crippen LogP contribution in [0, 0.1) is 0 Å². The zero-order valence-electron chi connectivity index (χ0n) is 10.9. The van der Waals surface area contributed by atoms with Crippen molar-refractivity contribution in [1.82, 2.24) is 4.72 Å². The Kier molecular flexibility index (Phi) is 5.04. The van der Waals surface area contributed by atoms with E-state index in [-0.39, 0.29) is 10.7 Å². The molecule has 1 unspecified atom stereocenters. The first-order valence-electron chi connectivity index (χ1n) is 5.98. The maximum absolute atomic E-state index is 12.0. The number of sulfonamides is 1. The van der Waals surface area contributed by atoms with E-state index in [4.69, 9.17) is 0 Å². The minimum Gasteiger partial charge on any atom is -0.298 e. The Morgan fingerprint density at radius 1 is 1.28 bits per heavy atom. The predicted octanol–water partition coefficient (Wildman–Crippen LogP) is 1.89. The smallest absolute Gasteiger partial charge is 0.241 e. The van der Waals surface area contributed by atoms with Crippen LogP contribution in [0.3, 0.4) is 0 Å². The van der Waals surface area contributed by atoms with Gasteiger partial charge in [0.15, 0.2) is 0 Å². The van der Waals surface area contributed by atoms with Gasteiger partial charge in [-0.2, -0.15) is 0 Å². The third-order valence-electron chi connectivity index (χ3n) is 2.71. The van der Waals surface area contributed by atoms with Crippen LogP contribution in [0.1, 0.15) is 32.8 Å². The fourth-order valence-electron chi connectivity index (χ4n) is 1.51. The first-order valence-corrected chi connectivity index (χ1v) is 7.47. The van der Waals surface area contributed by atoms with Gasteiger partial charge in [0, 0.05) is 0 Å². The van der Waals surface area contributed by atoms with Gasteiger partial charge < -0.3 is 0 Å². The molecule has 0 bridgehead atoms. The molecule has 100 valence electrons. The molecule has 0 heterocycles. The highest BCUT2D eigenvalue weighted by molar-refractivity contribution is 7.89. The summed E-state index contributed by atoms with van der Waals surface area (Å²) in [5.41, 5.74) is 1.11. The van der Waals surface area contributed by atoms with Gasteiger partial charge in [-0.3, -0.25) is 4.79 Å². The van der Waals surface area contributed by atoms with E-state index in [0.717, 1.165) is 18.4 Å². The number of nitrogens with one attached hydrogen (secondary N) is 1. The number of aryl methyl sites for hydroxylation is 1. The van der Waals surface area contributed by atoms with Gasteiger partial charge in [-0.05, 0) is 38.0 Å². The molecule has 0 spiro atoms. The molecule has 5 heteroatoms. The summed E-state index contributed by atoms with van der Waals surface area (Å²) < 4.78 is 26.3. The van der Waals surface area contributed by atoms with E-state index in [0.29, 0.717) is 0 Å². The van der Waals surface area contributed by atoms with Crippen LogP contribution in [0.25, 0.3) is 0 Å². The van der Waals surface area contributed by atoms with Crippen molar-refractivity contribution in [2.24, 2.45) is 0 Å². The van der Waals surface area contributed by atoms with Crippen LogP contribution in [-0.4, -0.2) is 20.2 Å². The summed E-state index contributed by atoms with van der Waals surface area (Å²) in [5.74, 6) is -0.207. The van der Waals surface area contributed by atoms with Gasteiger partial charge in [0.25, 0.3) is 0 Å². The first-order chi connectivity index (χ1) is 8.36. The molecule has 18 heavy (non-hydrogen) atoms. The number of Topliss-reactive ketones (excluding diaryl/α,β-unsaturated/α-hetero) is 1. The maximum atomic E-state index is 12.0. The van der Waals surface area contributed by atoms with E-state index in [1.165, 1.54) is 13.8 Å². The number of carbonyl (C=O) groups is 1. The number of ketones is 1. The molecular formula is C13H19NO3S. The van der Waals surface area contributed by atoms with Gasteiger partial charge in [-0.15, -0.1) is 0 Å². The van der Waals surface area contributed by atoms with Crippen LogP contribution >= 0.6 is 0 Å². The summed E-state index contributed by atoms with van der Waals surface area (Å²) in [6.45, 7) is 4.96. The van der Waals surface area contributed by atoms with E-state index in [2.05, 4.69) is 11.6 Å². The first kappa shape index (κ1) is 14.9. The van der Waals surface area contributed by atoms with Crippen molar-refractivity contribution in [2.75, 3.05) is 0 Å². The Morgan fingerprint density at radius 3 is 2.28 bits per heavy atom. The molecule has 0 aliphatic heterocycles. The Hall–Kier alpha value is -1.20. The molecular weight excluding hydrogens is 250 g/mol. The molecule has 0 saturated heterocycles. The third kappa shape index (κ3) is 3.92. The molecule has 0 aliphatic carbocycles. The Balaban J connectivity index is 2.88. The number of carbonyl (C=O) groups excluding carboxylic acids is 1. The number of hydrogen-bond donors (Lipinski definition) is 1. The fraction of sp³-hybridized carbons (Fsp3) is 0.462. The Labute approximate surface area is 108 Å². The standard InChI is InChI=1S/C13H19NO3S/c1-4-5-12-6-8-13(9-7-12)18(16,17)14-10(2)11(3)15/h6-10,14H,4-5H2,1-3H3. The summed E-state index contributed by atoms with van der Waals surface area (Å²) in [5, 5.41) is 0. The van der Waals surface area contributed by atoms with Gasteiger partial charge in [-0.25, -0.2) is 13.1 Å². The molecule has 1 aromatic rings. The fourth-order valence-corrected chi connectivity index (χ4v) is 2.77. The molecule has 0 aliphatic rings. The van der Waals surface area contributed by atoms with Crippen molar-refractivity contribution in [1.29, 1.82) is 0 Å². The van der Waals surface area contributed by atoms with Crippen LogP contribution in [0.15, 0.2) is 29.2 Å². The highest BCUT2D eigenvalue weighted by Crippen LogP contribution is 2.12. The van der Waals surface area contributed by atoms with Crippen LogP contribution in [0.5, 0.6) is 0 Å². The zero-order chi connectivity index (χ0) is 13.8. The number of hydrogen-bond acceptors (Lipinski definition) is 3. The second-order valence-electron chi connectivity index (χ2n) is 4.35. The molecule has 4 nitrogen and oxygen atoms in total. The van der Waals surface area contributed by atoms with Gasteiger partial charge >= 0.3 is 0 Å². The second kappa shape index (κ2) is 6.11. The molecule has 1 atom stereocenters. The number of rotatable bonds is 6. The van der Waals surface area contributed by atoms with E-state index >= 15 is 0 Å². The van der Waals surface area contributed by atoms with Crippen molar-refractivity contribution in [3.05, 3.63) is 29.8 Å². The number of benzene rings is 1. The Bertz CT molecular complexity index is 506. The lowest BCUT2D eigenvalue weighted by molar-refractivity contribution is -0.118. The summed E-state index contributed by atoms with van der Waals surface area (Å²) in [7, 11) is -3.61. The van der Waals surface area contributed by atoms with Gasteiger partial charge in [-0.1, -0.05) is 25.5 Å².